The molecule has 26 heavy (non-hydrogen) atoms. The Bertz CT molecular complexity index is 795. The number of anilines is 1. The van der Waals surface area contributed by atoms with Crippen molar-refractivity contribution in [3.8, 4) is 0 Å². The maximum Gasteiger partial charge on any atom is 0.355 e. The van der Waals surface area contributed by atoms with Crippen LogP contribution >= 0.6 is 0 Å². The van der Waals surface area contributed by atoms with Gasteiger partial charge in [0.05, 0.1) is 18.4 Å². The zero-order chi connectivity index (χ0) is 18.7. The fraction of sp³-hybridized carbons (Fsp3) is 0.444. The standard InChI is InChI=1S/C18H23N5O3/c1-4-26-18(25)16-12(2)15(13(3)21-16)17(24)23-9-7-22(8-10-23)14-11-19-5-6-20-14/h5-6,11,21H,4,7-10H2,1-3H3. The van der Waals surface area contributed by atoms with Gasteiger partial charge in [0.1, 0.15) is 11.5 Å². The molecule has 0 spiro atoms. The van der Waals surface area contributed by atoms with E-state index in [2.05, 4.69) is 19.9 Å². The average Bonchev–Trinajstić information content (AvgIpc) is 2.96. The zero-order valence-electron chi connectivity index (χ0n) is 15.3. The second-order valence-electron chi connectivity index (χ2n) is 6.19. The molecule has 0 bridgehead atoms. The van der Waals surface area contributed by atoms with Crippen LogP contribution in [0.5, 0.6) is 0 Å². The minimum absolute atomic E-state index is 0.0643. The van der Waals surface area contributed by atoms with E-state index in [1.54, 1.807) is 39.4 Å². The van der Waals surface area contributed by atoms with Gasteiger partial charge in [-0.2, -0.15) is 0 Å². The van der Waals surface area contributed by atoms with Crippen LogP contribution in [0.1, 0.15) is 39.0 Å². The first-order valence-electron chi connectivity index (χ1n) is 8.69. The largest absolute Gasteiger partial charge is 0.461 e. The SMILES string of the molecule is CCOC(=O)c1[nH]c(C)c(C(=O)N2CCN(c3cnccn3)CC2)c1C. The van der Waals surface area contributed by atoms with Gasteiger partial charge < -0.3 is 19.5 Å². The number of rotatable bonds is 4. The number of piperazine rings is 1. The monoisotopic (exact) mass is 357 g/mol. The summed E-state index contributed by atoms with van der Waals surface area (Å²) in [6.07, 6.45) is 5.03. The number of nitrogens with one attached hydrogen (secondary N) is 1. The van der Waals surface area contributed by atoms with Gasteiger partial charge in [0.2, 0.25) is 0 Å². The molecular weight excluding hydrogens is 334 g/mol. The maximum atomic E-state index is 13.0. The van der Waals surface area contributed by atoms with Crippen molar-refractivity contribution < 1.29 is 14.3 Å². The van der Waals surface area contributed by atoms with E-state index in [1.807, 2.05) is 4.90 Å². The second kappa shape index (κ2) is 7.55. The number of hydrogen-bond acceptors (Lipinski definition) is 6. The smallest absolute Gasteiger partial charge is 0.355 e. The van der Waals surface area contributed by atoms with Crippen molar-refractivity contribution >= 4 is 17.7 Å². The number of aryl methyl sites for hydroxylation is 1. The summed E-state index contributed by atoms with van der Waals surface area (Å²) >= 11 is 0. The Hall–Kier alpha value is -2.90. The molecule has 0 unspecified atom stereocenters. The number of aromatic nitrogens is 3. The topological polar surface area (TPSA) is 91.4 Å². The fourth-order valence-electron chi connectivity index (χ4n) is 3.23. The van der Waals surface area contributed by atoms with E-state index in [-0.39, 0.29) is 5.91 Å². The van der Waals surface area contributed by atoms with E-state index in [9.17, 15) is 9.59 Å². The number of nitrogens with zero attached hydrogens (tertiary/aromatic N) is 4. The van der Waals surface area contributed by atoms with Crippen molar-refractivity contribution in [1.82, 2.24) is 19.9 Å². The normalized spacial score (nSPS) is 14.4. The summed E-state index contributed by atoms with van der Waals surface area (Å²) in [7, 11) is 0. The molecule has 2 aromatic rings. The molecule has 1 aliphatic rings. The van der Waals surface area contributed by atoms with Gasteiger partial charge in [0.25, 0.3) is 5.91 Å². The number of ether oxygens (including phenoxy) is 1. The highest BCUT2D eigenvalue weighted by atomic mass is 16.5. The first-order valence-corrected chi connectivity index (χ1v) is 8.69. The third-order valence-corrected chi connectivity index (χ3v) is 4.57. The van der Waals surface area contributed by atoms with E-state index in [0.717, 1.165) is 5.82 Å². The predicted molar refractivity (Wildman–Crippen MR) is 96.4 cm³/mol. The highest BCUT2D eigenvalue weighted by Crippen LogP contribution is 2.22. The highest BCUT2D eigenvalue weighted by Gasteiger charge is 2.28. The number of carbonyl (C=O) groups excluding carboxylic acids is 2. The zero-order valence-corrected chi connectivity index (χ0v) is 15.3. The van der Waals surface area contributed by atoms with Crippen molar-refractivity contribution in [2.24, 2.45) is 0 Å². The van der Waals surface area contributed by atoms with Gasteiger partial charge in [-0.1, -0.05) is 0 Å². The Morgan fingerprint density at radius 1 is 1.19 bits per heavy atom. The van der Waals surface area contributed by atoms with Crippen molar-refractivity contribution in [3.05, 3.63) is 41.1 Å². The fourth-order valence-corrected chi connectivity index (χ4v) is 3.23. The summed E-state index contributed by atoms with van der Waals surface area (Å²) in [5.41, 5.74) is 2.24. The predicted octanol–water partition coefficient (Wildman–Crippen LogP) is 1.56. The molecule has 8 heteroatoms. The van der Waals surface area contributed by atoms with E-state index in [0.29, 0.717) is 55.3 Å². The van der Waals surface area contributed by atoms with Crippen molar-refractivity contribution in [2.45, 2.75) is 20.8 Å². The lowest BCUT2D eigenvalue weighted by Crippen LogP contribution is -2.49. The molecule has 3 heterocycles. The van der Waals surface area contributed by atoms with E-state index in [1.165, 1.54) is 0 Å². The molecule has 1 N–H and O–H groups in total. The molecule has 1 aliphatic heterocycles. The minimum atomic E-state index is -0.431. The summed E-state index contributed by atoms with van der Waals surface area (Å²) in [6, 6.07) is 0. The van der Waals surface area contributed by atoms with Crippen LogP contribution in [-0.2, 0) is 4.74 Å². The number of carbonyl (C=O) groups is 2. The van der Waals surface area contributed by atoms with E-state index in [4.69, 9.17) is 4.74 Å². The third-order valence-electron chi connectivity index (χ3n) is 4.57. The Kier molecular flexibility index (Phi) is 5.20. The van der Waals surface area contributed by atoms with Crippen molar-refractivity contribution in [1.29, 1.82) is 0 Å². The second-order valence-corrected chi connectivity index (χ2v) is 6.19. The quantitative estimate of drug-likeness (QED) is 0.835. The van der Waals surface area contributed by atoms with E-state index >= 15 is 0 Å². The highest BCUT2D eigenvalue weighted by molar-refractivity contribution is 6.01. The molecule has 0 atom stereocenters. The minimum Gasteiger partial charge on any atom is -0.461 e. The van der Waals surface area contributed by atoms with Crippen LogP contribution in [0.4, 0.5) is 5.82 Å². The first-order chi connectivity index (χ1) is 12.5. The van der Waals surface area contributed by atoms with Gasteiger partial charge in [0.15, 0.2) is 0 Å². The first kappa shape index (κ1) is 17.9. The summed E-state index contributed by atoms with van der Waals surface area (Å²) in [5, 5.41) is 0. The van der Waals surface area contributed by atoms with Gasteiger partial charge in [-0.25, -0.2) is 9.78 Å². The van der Waals surface area contributed by atoms with Crippen LogP contribution in [0.3, 0.4) is 0 Å². The maximum absolute atomic E-state index is 13.0. The molecule has 8 nitrogen and oxygen atoms in total. The lowest BCUT2D eigenvalue weighted by Gasteiger charge is -2.35. The van der Waals surface area contributed by atoms with Gasteiger partial charge in [-0.15, -0.1) is 0 Å². The summed E-state index contributed by atoms with van der Waals surface area (Å²) in [5.74, 6) is 0.323. The van der Waals surface area contributed by atoms with Crippen LogP contribution in [0.15, 0.2) is 18.6 Å². The van der Waals surface area contributed by atoms with E-state index < -0.39 is 5.97 Å². The van der Waals surface area contributed by atoms with Crippen LogP contribution in [0.2, 0.25) is 0 Å². The van der Waals surface area contributed by atoms with Crippen LogP contribution in [0, 0.1) is 13.8 Å². The Balaban J connectivity index is 1.72. The summed E-state index contributed by atoms with van der Waals surface area (Å²) < 4.78 is 5.05. The molecule has 1 saturated heterocycles. The van der Waals surface area contributed by atoms with Crippen LogP contribution in [-0.4, -0.2) is 64.5 Å². The number of hydrogen-bond donors (Lipinski definition) is 1. The van der Waals surface area contributed by atoms with Crippen molar-refractivity contribution in [3.63, 3.8) is 0 Å². The average molecular weight is 357 g/mol. The molecule has 1 fully saturated rings. The molecule has 0 aromatic carbocycles. The Morgan fingerprint density at radius 3 is 2.54 bits per heavy atom. The number of aromatic amines is 1. The van der Waals surface area contributed by atoms with Gasteiger partial charge in [0, 0.05) is 44.3 Å². The number of amides is 1. The number of esters is 1. The van der Waals surface area contributed by atoms with Crippen molar-refractivity contribution in [2.75, 3.05) is 37.7 Å². The third kappa shape index (κ3) is 3.40. The number of H-pyrrole nitrogens is 1. The molecule has 2 aromatic heterocycles. The Morgan fingerprint density at radius 2 is 1.92 bits per heavy atom. The Labute approximate surface area is 152 Å². The molecule has 0 saturated carbocycles. The molecule has 1 amide bonds. The molecule has 0 aliphatic carbocycles. The van der Waals surface area contributed by atoms with Gasteiger partial charge in [-0.3, -0.25) is 9.78 Å². The molecule has 138 valence electrons. The molecular formula is C18H23N5O3. The summed E-state index contributed by atoms with van der Waals surface area (Å²) in [4.78, 5) is 40.3. The summed E-state index contributed by atoms with van der Waals surface area (Å²) in [6.45, 7) is 8.20. The van der Waals surface area contributed by atoms with Crippen LogP contribution in [0.25, 0.3) is 0 Å². The van der Waals surface area contributed by atoms with Crippen LogP contribution < -0.4 is 4.90 Å². The molecule has 0 radical (unpaired) electrons. The lowest BCUT2D eigenvalue weighted by atomic mass is 10.1. The van der Waals surface area contributed by atoms with Gasteiger partial charge in [-0.05, 0) is 26.3 Å². The van der Waals surface area contributed by atoms with Gasteiger partial charge >= 0.3 is 5.97 Å². The lowest BCUT2D eigenvalue weighted by molar-refractivity contribution is 0.0519. The molecule has 3 rings (SSSR count).